The number of H-pyrrole nitrogens is 1. The van der Waals surface area contributed by atoms with Crippen molar-refractivity contribution in [1.82, 2.24) is 15.4 Å². The van der Waals surface area contributed by atoms with Crippen molar-refractivity contribution < 1.29 is 0 Å². The number of hydrogen-bond acceptors (Lipinski definition) is 3. The second kappa shape index (κ2) is 4.79. The number of rotatable bonds is 5. The van der Waals surface area contributed by atoms with Gasteiger partial charge in [0, 0.05) is 12.4 Å². The van der Waals surface area contributed by atoms with Crippen LogP contribution in [0.15, 0.2) is 24.5 Å². The molecule has 0 amide bonds. The maximum absolute atomic E-state index is 5.41. The number of nitrogens with two attached hydrogens (primary N) is 1. The molecule has 0 saturated carbocycles. The van der Waals surface area contributed by atoms with E-state index in [-0.39, 0.29) is 6.04 Å². The highest BCUT2D eigenvalue weighted by atomic mass is 15.2. The zero-order valence-electron chi connectivity index (χ0n) is 7.88. The summed E-state index contributed by atoms with van der Waals surface area (Å²) in [5.74, 6) is 6.29. The molecule has 4 N–H and O–H groups in total. The smallest absolute Gasteiger partial charge is 0.124 e. The second-order valence-corrected chi connectivity index (χ2v) is 3.19. The van der Waals surface area contributed by atoms with Gasteiger partial charge >= 0.3 is 0 Å². The van der Waals surface area contributed by atoms with Crippen molar-refractivity contribution >= 4 is 0 Å². The molecule has 0 aliphatic carbocycles. The number of nitrogens with zero attached hydrogens (tertiary/aromatic N) is 1. The number of aromatic amines is 1. The molecule has 1 atom stereocenters. The molecule has 1 aromatic heterocycles. The van der Waals surface area contributed by atoms with Crippen LogP contribution in [0.2, 0.25) is 0 Å². The molecule has 1 rings (SSSR count). The van der Waals surface area contributed by atoms with Gasteiger partial charge in [0.2, 0.25) is 0 Å². The molecule has 1 aromatic rings. The highest BCUT2D eigenvalue weighted by molar-refractivity contribution is 4.97. The van der Waals surface area contributed by atoms with Crippen molar-refractivity contribution in [3.05, 3.63) is 30.4 Å². The van der Waals surface area contributed by atoms with Gasteiger partial charge in [-0.2, -0.15) is 0 Å². The molecule has 0 saturated heterocycles. The molecule has 0 aliphatic heterocycles. The maximum Gasteiger partial charge on any atom is 0.124 e. The predicted octanol–water partition coefficient (Wildman–Crippen LogP) is 1.27. The molecule has 0 fully saturated rings. The molecule has 0 spiro atoms. The molecule has 1 heterocycles. The van der Waals surface area contributed by atoms with Gasteiger partial charge in [0.25, 0.3) is 0 Å². The first kappa shape index (κ1) is 9.95. The number of imidazole rings is 1. The lowest BCUT2D eigenvalue weighted by atomic mass is 10.1. The van der Waals surface area contributed by atoms with Crippen LogP contribution in [0.25, 0.3) is 0 Å². The van der Waals surface area contributed by atoms with E-state index >= 15 is 0 Å². The standard InChI is InChI=1S/C9H16N4/c1-7(2)3-4-8(13-10)9-11-5-6-12-9/h5-6,8,13H,1,3-4,10H2,2H3,(H,11,12). The number of aromatic nitrogens is 2. The number of allylic oxidation sites excluding steroid dienone is 1. The molecule has 0 bridgehead atoms. The van der Waals surface area contributed by atoms with Crippen LogP contribution >= 0.6 is 0 Å². The Bertz CT molecular complexity index is 253. The molecule has 1 unspecified atom stereocenters. The summed E-state index contributed by atoms with van der Waals surface area (Å²) in [4.78, 5) is 7.17. The Labute approximate surface area is 78.2 Å². The second-order valence-electron chi connectivity index (χ2n) is 3.19. The Morgan fingerprint density at radius 3 is 3.08 bits per heavy atom. The topological polar surface area (TPSA) is 66.7 Å². The first-order chi connectivity index (χ1) is 6.24. The summed E-state index contributed by atoms with van der Waals surface area (Å²) >= 11 is 0. The van der Waals surface area contributed by atoms with E-state index in [4.69, 9.17) is 5.84 Å². The molecule has 4 heteroatoms. The van der Waals surface area contributed by atoms with Crippen LogP contribution in [0.1, 0.15) is 31.6 Å². The molecular formula is C9H16N4. The third kappa shape index (κ3) is 3.01. The SMILES string of the molecule is C=C(C)CCC(NN)c1ncc[nH]1. The van der Waals surface area contributed by atoms with Crippen molar-refractivity contribution in [2.45, 2.75) is 25.8 Å². The maximum atomic E-state index is 5.41. The summed E-state index contributed by atoms with van der Waals surface area (Å²) in [6, 6.07) is 0.0895. The summed E-state index contributed by atoms with van der Waals surface area (Å²) in [7, 11) is 0. The highest BCUT2D eigenvalue weighted by Crippen LogP contribution is 2.15. The lowest BCUT2D eigenvalue weighted by molar-refractivity contribution is 0.494. The summed E-state index contributed by atoms with van der Waals surface area (Å²) < 4.78 is 0. The van der Waals surface area contributed by atoms with E-state index in [9.17, 15) is 0 Å². The third-order valence-corrected chi connectivity index (χ3v) is 1.91. The van der Waals surface area contributed by atoms with Crippen LogP contribution in [0.4, 0.5) is 0 Å². The normalized spacial score (nSPS) is 12.8. The first-order valence-corrected chi connectivity index (χ1v) is 4.34. The van der Waals surface area contributed by atoms with E-state index < -0.39 is 0 Å². The minimum atomic E-state index is 0.0895. The van der Waals surface area contributed by atoms with E-state index in [0.29, 0.717) is 0 Å². The van der Waals surface area contributed by atoms with Crippen molar-refractivity contribution in [3.63, 3.8) is 0 Å². The summed E-state index contributed by atoms with van der Waals surface area (Å²) in [6.07, 6.45) is 5.38. The molecule has 72 valence electrons. The Morgan fingerprint density at radius 1 is 1.85 bits per heavy atom. The van der Waals surface area contributed by atoms with E-state index in [1.165, 1.54) is 0 Å². The summed E-state index contributed by atoms with van der Waals surface area (Å²) in [5.41, 5.74) is 3.88. The average Bonchev–Trinajstić information content (AvgIpc) is 2.58. The van der Waals surface area contributed by atoms with Crippen LogP contribution in [-0.4, -0.2) is 9.97 Å². The predicted molar refractivity (Wildman–Crippen MR) is 52.7 cm³/mol. The molecule has 0 aromatic carbocycles. The monoisotopic (exact) mass is 180 g/mol. The Balaban J connectivity index is 2.49. The van der Waals surface area contributed by atoms with Gasteiger partial charge in [-0.3, -0.25) is 5.84 Å². The number of hydrazine groups is 1. The van der Waals surface area contributed by atoms with Gasteiger partial charge in [-0.1, -0.05) is 5.57 Å². The molecule has 13 heavy (non-hydrogen) atoms. The molecule has 4 nitrogen and oxygen atoms in total. The fourth-order valence-corrected chi connectivity index (χ4v) is 1.16. The lowest BCUT2D eigenvalue weighted by Crippen LogP contribution is -2.28. The van der Waals surface area contributed by atoms with Crippen molar-refractivity contribution in [2.24, 2.45) is 5.84 Å². The van der Waals surface area contributed by atoms with E-state index in [1.54, 1.807) is 12.4 Å². The van der Waals surface area contributed by atoms with Gasteiger partial charge in [0.05, 0.1) is 6.04 Å². The number of hydrogen-bond donors (Lipinski definition) is 3. The van der Waals surface area contributed by atoms with Crippen LogP contribution in [0, 0.1) is 0 Å². The number of nitrogens with one attached hydrogen (secondary N) is 2. The summed E-state index contributed by atoms with van der Waals surface area (Å²) in [5, 5.41) is 0. The average molecular weight is 180 g/mol. The van der Waals surface area contributed by atoms with Crippen molar-refractivity contribution in [3.8, 4) is 0 Å². The van der Waals surface area contributed by atoms with Crippen LogP contribution in [0.3, 0.4) is 0 Å². The van der Waals surface area contributed by atoms with Crippen LogP contribution in [-0.2, 0) is 0 Å². The van der Waals surface area contributed by atoms with Gasteiger partial charge in [-0.05, 0) is 19.8 Å². The minimum absolute atomic E-state index is 0.0895. The van der Waals surface area contributed by atoms with Gasteiger partial charge in [0.1, 0.15) is 5.82 Å². The van der Waals surface area contributed by atoms with Gasteiger partial charge in [-0.15, -0.1) is 6.58 Å². The zero-order valence-corrected chi connectivity index (χ0v) is 7.88. The molecule has 0 aliphatic rings. The quantitative estimate of drug-likeness (QED) is 0.363. The fourth-order valence-electron chi connectivity index (χ4n) is 1.16. The van der Waals surface area contributed by atoms with E-state index in [0.717, 1.165) is 24.2 Å². The van der Waals surface area contributed by atoms with Crippen molar-refractivity contribution in [2.75, 3.05) is 0 Å². The highest BCUT2D eigenvalue weighted by Gasteiger charge is 2.10. The van der Waals surface area contributed by atoms with Crippen LogP contribution in [0.5, 0.6) is 0 Å². The minimum Gasteiger partial charge on any atom is -0.347 e. The summed E-state index contributed by atoms with van der Waals surface area (Å²) in [6.45, 7) is 5.85. The zero-order chi connectivity index (χ0) is 9.68. The van der Waals surface area contributed by atoms with Crippen LogP contribution < -0.4 is 11.3 Å². The lowest BCUT2D eigenvalue weighted by Gasteiger charge is -2.12. The Hall–Kier alpha value is -1.13. The Kier molecular flexibility index (Phi) is 3.67. The first-order valence-electron chi connectivity index (χ1n) is 4.34. The largest absolute Gasteiger partial charge is 0.347 e. The van der Waals surface area contributed by atoms with Gasteiger partial charge < -0.3 is 4.98 Å². The van der Waals surface area contributed by atoms with Gasteiger partial charge in [0.15, 0.2) is 0 Å². The Morgan fingerprint density at radius 2 is 2.62 bits per heavy atom. The van der Waals surface area contributed by atoms with Gasteiger partial charge in [-0.25, -0.2) is 10.4 Å². The van der Waals surface area contributed by atoms with E-state index in [2.05, 4.69) is 22.0 Å². The third-order valence-electron chi connectivity index (χ3n) is 1.91. The van der Waals surface area contributed by atoms with E-state index in [1.807, 2.05) is 6.92 Å². The van der Waals surface area contributed by atoms with Crippen molar-refractivity contribution in [1.29, 1.82) is 0 Å². The fraction of sp³-hybridized carbons (Fsp3) is 0.444. The molecular weight excluding hydrogens is 164 g/mol. The molecule has 0 radical (unpaired) electrons.